The molecular formula is C13H17NO5. The highest BCUT2D eigenvalue weighted by Crippen LogP contribution is 2.29. The number of aromatic hydroxyl groups is 1. The van der Waals surface area contributed by atoms with Crippen LogP contribution in [0.1, 0.15) is 23.7 Å². The predicted octanol–water partition coefficient (Wildman–Crippen LogP) is 1.08. The molecule has 1 aromatic rings. The minimum absolute atomic E-state index is 0.0432. The van der Waals surface area contributed by atoms with Crippen molar-refractivity contribution in [2.75, 3.05) is 14.2 Å². The Kier molecular flexibility index (Phi) is 5.17. The molecule has 1 rings (SSSR count). The van der Waals surface area contributed by atoms with Crippen LogP contribution >= 0.6 is 0 Å². The number of hydrogen-bond acceptors (Lipinski definition) is 5. The number of rotatable bonds is 5. The van der Waals surface area contributed by atoms with E-state index < -0.39 is 17.9 Å². The van der Waals surface area contributed by atoms with Crippen LogP contribution in [0.3, 0.4) is 0 Å². The molecule has 1 atom stereocenters. The molecule has 0 aliphatic rings. The van der Waals surface area contributed by atoms with Gasteiger partial charge in [0.25, 0.3) is 5.91 Å². The van der Waals surface area contributed by atoms with Gasteiger partial charge in [0, 0.05) is 0 Å². The van der Waals surface area contributed by atoms with Gasteiger partial charge >= 0.3 is 5.97 Å². The second kappa shape index (κ2) is 6.63. The van der Waals surface area contributed by atoms with Crippen LogP contribution in [-0.2, 0) is 9.53 Å². The summed E-state index contributed by atoms with van der Waals surface area (Å²) in [7, 11) is 2.64. The first kappa shape index (κ1) is 14.8. The fourth-order valence-electron chi connectivity index (χ4n) is 1.58. The van der Waals surface area contributed by atoms with Gasteiger partial charge in [0.15, 0.2) is 11.5 Å². The van der Waals surface area contributed by atoms with Gasteiger partial charge in [0.1, 0.15) is 6.04 Å². The molecule has 0 fully saturated rings. The van der Waals surface area contributed by atoms with Gasteiger partial charge in [0.2, 0.25) is 0 Å². The van der Waals surface area contributed by atoms with Crippen molar-refractivity contribution in [3.63, 3.8) is 0 Å². The minimum Gasteiger partial charge on any atom is -0.504 e. The van der Waals surface area contributed by atoms with E-state index in [1.54, 1.807) is 13.0 Å². The van der Waals surface area contributed by atoms with E-state index in [1.807, 2.05) is 0 Å². The number of ether oxygens (including phenoxy) is 2. The molecule has 6 heteroatoms. The minimum atomic E-state index is -0.747. The van der Waals surface area contributed by atoms with Crippen molar-refractivity contribution in [1.82, 2.24) is 5.32 Å². The summed E-state index contributed by atoms with van der Waals surface area (Å²) in [5.41, 5.74) is 0.0432. The van der Waals surface area contributed by atoms with Crippen LogP contribution in [0.25, 0.3) is 0 Å². The molecule has 1 unspecified atom stereocenters. The van der Waals surface area contributed by atoms with Crippen LogP contribution < -0.4 is 10.1 Å². The topological polar surface area (TPSA) is 84.9 Å². The fourth-order valence-corrected chi connectivity index (χ4v) is 1.58. The van der Waals surface area contributed by atoms with E-state index in [1.165, 1.54) is 26.4 Å². The number of carbonyl (C=O) groups excluding carboxylic acids is 2. The maximum atomic E-state index is 12.0. The van der Waals surface area contributed by atoms with Crippen LogP contribution in [0.5, 0.6) is 11.5 Å². The van der Waals surface area contributed by atoms with Gasteiger partial charge < -0.3 is 19.9 Å². The Labute approximate surface area is 111 Å². The van der Waals surface area contributed by atoms with Gasteiger partial charge in [-0.2, -0.15) is 0 Å². The lowest BCUT2D eigenvalue weighted by molar-refractivity contribution is -0.142. The number of phenolic OH excluding ortho intramolecular Hbond substituents is 1. The number of benzene rings is 1. The second-order valence-electron chi connectivity index (χ2n) is 3.81. The number of para-hydroxylation sites is 1. The normalized spacial score (nSPS) is 11.5. The molecule has 0 aliphatic heterocycles. The molecule has 1 aromatic carbocycles. The third kappa shape index (κ3) is 3.37. The lowest BCUT2D eigenvalue weighted by Gasteiger charge is -2.15. The van der Waals surface area contributed by atoms with Crippen molar-refractivity contribution in [3.05, 3.63) is 23.8 Å². The van der Waals surface area contributed by atoms with Crippen LogP contribution in [0.4, 0.5) is 0 Å². The van der Waals surface area contributed by atoms with E-state index in [9.17, 15) is 14.7 Å². The molecule has 104 valence electrons. The lowest BCUT2D eigenvalue weighted by atomic mass is 10.1. The molecule has 0 spiro atoms. The molecule has 0 radical (unpaired) electrons. The molecular weight excluding hydrogens is 250 g/mol. The van der Waals surface area contributed by atoms with Crippen molar-refractivity contribution in [2.24, 2.45) is 0 Å². The molecule has 0 aliphatic carbocycles. The maximum absolute atomic E-state index is 12.0. The maximum Gasteiger partial charge on any atom is 0.328 e. The zero-order chi connectivity index (χ0) is 14.4. The Morgan fingerprint density at radius 1 is 1.37 bits per heavy atom. The third-order valence-electron chi connectivity index (χ3n) is 2.66. The summed E-state index contributed by atoms with van der Waals surface area (Å²) in [4.78, 5) is 23.4. The van der Waals surface area contributed by atoms with Crippen molar-refractivity contribution in [2.45, 2.75) is 19.4 Å². The Morgan fingerprint density at radius 3 is 2.58 bits per heavy atom. The number of amides is 1. The SMILES string of the molecule is CCC(NC(=O)c1cccc(OC)c1O)C(=O)OC. The highest BCUT2D eigenvalue weighted by Gasteiger charge is 2.22. The average molecular weight is 267 g/mol. The van der Waals surface area contributed by atoms with Crippen molar-refractivity contribution in [3.8, 4) is 11.5 Å². The zero-order valence-electron chi connectivity index (χ0n) is 11.1. The molecule has 6 nitrogen and oxygen atoms in total. The van der Waals surface area contributed by atoms with Gasteiger partial charge in [-0.05, 0) is 18.6 Å². The number of nitrogens with one attached hydrogen (secondary N) is 1. The summed E-state index contributed by atoms with van der Waals surface area (Å²) in [5.74, 6) is -1.16. The van der Waals surface area contributed by atoms with E-state index in [-0.39, 0.29) is 17.1 Å². The largest absolute Gasteiger partial charge is 0.504 e. The van der Waals surface area contributed by atoms with Crippen LogP contribution in [0.2, 0.25) is 0 Å². The van der Waals surface area contributed by atoms with Gasteiger partial charge in [0.05, 0.1) is 19.8 Å². The molecule has 0 aromatic heterocycles. The van der Waals surface area contributed by atoms with E-state index in [4.69, 9.17) is 4.74 Å². The van der Waals surface area contributed by atoms with E-state index in [2.05, 4.69) is 10.1 Å². The van der Waals surface area contributed by atoms with Gasteiger partial charge in [-0.15, -0.1) is 0 Å². The van der Waals surface area contributed by atoms with Crippen LogP contribution in [0.15, 0.2) is 18.2 Å². The summed E-state index contributed by atoms with van der Waals surface area (Å²) >= 11 is 0. The summed E-state index contributed by atoms with van der Waals surface area (Å²) in [5, 5.41) is 12.3. The number of phenols is 1. The fraction of sp³-hybridized carbons (Fsp3) is 0.385. The number of esters is 1. The molecule has 0 saturated heterocycles. The van der Waals surface area contributed by atoms with Crippen LogP contribution in [0, 0.1) is 0 Å². The quantitative estimate of drug-likeness (QED) is 0.780. The molecule has 19 heavy (non-hydrogen) atoms. The predicted molar refractivity (Wildman–Crippen MR) is 68.2 cm³/mol. The smallest absolute Gasteiger partial charge is 0.328 e. The number of hydrogen-bond donors (Lipinski definition) is 2. The Morgan fingerprint density at radius 2 is 2.05 bits per heavy atom. The molecule has 0 bridgehead atoms. The van der Waals surface area contributed by atoms with Crippen LogP contribution in [-0.4, -0.2) is 37.2 Å². The lowest BCUT2D eigenvalue weighted by Crippen LogP contribution is -2.41. The van der Waals surface area contributed by atoms with Crippen molar-refractivity contribution >= 4 is 11.9 Å². The van der Waals surface area contributed by atoms with Crippen molar-refractivity contribution in [1.29, 1.82) is 0 Å². The first-order valence-corrected chi connectivity index (χ1v) is 5.79. The monoisotopic (exact) mass is 267 g/mol. The van der Waals surface area contributed by atoms with E-state index >= 15 is 0 Å². The van der Waals surface area contributed by atoms with Crippen molar-refractivity contribution < 1.29 is 24.2 Å². The second-order valence-corrected chi connectivity index (χ2v) is 3.81. The first-order chi connectivity index (χ1) is 9.04. The third-order valence-corrected chi connectivity index (χ3v) is 2.66. The Bertz CT molecular complexity index is 472. The molecule has 0 heterocycles. The average Bonchev–Trinajstić information content (AvgIpc) is 2.43. The standard InChI is InChI=1S/C13H17NO5/c1-4-9(13(17)19-3)14-12(16)8-6-5-7-10(18-2)11(8)15/h5-7,9,15H,4H2,1-3H3,(H,14,16). The number of methoxy groups -OCH3 is 2. The summed E-state index contributed by atoms with van der Waals surface area (Å²) in [6, 6.07) is 3.80. The summed E-state index contributed by atoms with van der Waals surface area (Å²) < 4.78 is 9.49. The summed E-state index contributed by atoms with van der Waals surface area (Å²) in [6.07, 6.45) is 0.392. The zero-order valence-corrected chi connectivity index (χ0v) is 11.1. The van der Waals surface area contributed by atoms with E-state index in [0.29, 0.717) is 6.42 Å². The first-order valence-electron chi connectivity index (χ1n) is 5.79. The highest BCUT2D eigenvalue weighted by atomic mass is 16.5. The van der Waals surface area contributed by atoms with E-state index in [0.717, 1.165) is 0 Å². The molecule has 2 N–H and O–H groups in total. The summed E-state index contributed by atoms with van der Waals surface area (Å²) in [6.45, 7) is 1.74. The molecule has 0 saturated carbocycles. The Hall–Kier alpha value is -2.24. The Balaban J connectivity index is 2.92. The van der Waals surface area contributed by atoms with Gasteiger partial charge in [-0.25, -0.2) is 4.79 Å². The van der Waals surface area contributed by atoms with Gasteiger partial charge in [-0.1, -0.05) is 13.0 Å². The molecule has 1 amide bonds. The van der Waals surface area contributed by atoms with Gasteiger partial charge in [-0.3, -0.25) is 4.79 Å². The highest BCUT2D eigenvalue weighted by molar-refractivity contribution is 5.99. The number of carbonyl (C=O) groups is 2.